The Balaban J connectivity index is 1.56. The van der Waals surface area contributed by atoms with Gasteiger partial charge < -0.3 is 11.1 Å². The molecule has 0 spiro atoms. The van der Waals surface area contributed by atoms with Crippen molar-refractivity contribution in [1.29, 1.82) is 0 Å². The molecular formula is C15H20N4. The van der Waals surface area contributed by atoms with E-state index in [4.69, 9.17) is 5.73 Å². The van der Waals surface area contributed by atoms with Crippen molar-refractivity contribution in [3.05, 3.63) is 36.5 Å². The molecule has 3 unspecified atom stereocenters. The number of nitrogens with one attached hydrogen (secondary N) is 1. The zero-order chi connectivity index (χ0) is 13.1. The number of hydrogen-bond donors (Lipinski definition) is 2. The van der Waals surface area contributed by atoms with Gasteiger partial charge >= 0.3 is 0 Å². The van der Waals surface area contributed by atoms with E-state index in [1.54, 1.807) is 6.20 Å². The van der Waals surface area contributed by atoms with E-state index < -0.39 is 0 Å². The SMILES string of the molecule is NC(=NCC1CC2C=CC1CC2)Nc1ccccn1. The maximum atomic E-state index is 5.90. The number of hydrogen-bond acceptors (Lipinski definition) is 2. The minimum Gasteiger partial charge on any atom is -0.370 e. The molecule has 4 rings (SSSR count). The van der Waals surface area contributed by atoms with Crippen molar-refractivity contribution in [2.75, 3.05) is 11.9 Å². The number of nitrogens with two attached hydrogens (primary N) is 1. The highest BCUT2D eigenvalue weighted by molar-refractivity contribution is 5.91. The van der Waals surface area contributed by atoms with E-state index >= 15 is 0 Å². The largest absolute Gasteiger partial charge is 0.370 e. The minimum atomic E-state index is 0.462. The highest BCUT2D eigenvalue weighted by Gasteiger charge is 2.31. The number of fused-ring (bicyclic) bond motifs is 2. The topological polar surface area (TPSA) is 63.3 Å². The lowest BCUT2D eigenvalue weighted by molar-refractivity contribution is 0.227. The lowest BCUT2D eigenvalue weighted by Crippen LogP contribution is -2.31. The molecule has 1 aromatic rings. The van der Waals surface area contributed by atoms with Gasteiger partial charge in [-0.15, -0.1) is 0 Å². The third kappa shape index (κ3) is 2.95. The quantitative estimate of drug-likeness (QED) is 0.496. The first-order chi connectivity index (χ1) is 9.31. The van der Waals surface area contributed by atoms with Gasteiger partial charge in [0.1, 0.15) is 5.82 Å². The molecule has 1 saturated carbocycles. The number of aromatic nitrogens is 1. The Morgan fingerprint density at radius 1 is 1.37 bits per heavy atom. The van der Waals surface area contributed by atoms with Crippen LogP contribution >= 0.6 is 0 Å². The Hall–Kier alpha value is -1.84. The van der Waals surface area contributed by atoms with Crippen LogP contribution in [-0.2, 0) is 0 Å². The van der Waals surface area contributed by atoms with E-state index in [1.807, 2.05) is 18.2 Å². The summed E-state index contributed by atoms with van der Waals surface area (Å²) in [4.78, 5) is 8.64. The molecule has 3 aliphatic rings. The van der Waals surface area contributed by atoms with Gasteiger partial charge in [-0.25, -0.2) is 4.98 Å². The number of nitrogens with zero attached hydrogens (tertiary/aromatic N) is 2. The Labute approximate surface area is 113 Å². The van der Waals surface area contributed by atoms with Crippen LogP contribution in [0.3, 0.4) is 0 Å². The van der Waals surface area contributed by atoms with Gasteiger partial charge in [-0.3, -0.25) is 4.99 Å². The number of allylic oxidation sites excluding steroid dienone is 2. The van der Waals surface area contributed by atoms with Crippen LogP contribution < -0.4 is 11.1 Å². The van der Waals surface area contributed by atoms with Gasteiger partial charge in [0.15, 0.2) is 5.96 Å². The van der Waals surface area contributed by atoms with Crippen molar-refractivity contribution in [3.8, 4) is 0 Å². The molecule has 0 aliphatic heterocycles. The highest BCUT2D eigenvalue weighted by atomic mass is 15.1. The number of anilines is 1. The second-order valence-electron chi connectivity index (χ2n) is 5.45. The Kier molecular flexibility index (Phi) is 3.49. The number of guanidine groups is 1. The van der Waals surface area contributed by atoms with E-state index in [0.29, 0.717) is 17.8 Å². The summed E-state index contributed by atoms with van der Waals surface area (Å²) in [5.74, 6) is 3.34. The van der Waals surface area contributed by atoms with Crippen LogP contribution in [0.15, 0.2) is 41.5 Å². The molecule has 0 saturated heterocycles. The van der Waals surface area contributed by atoms with Crippen molar-refractivity contribution in [2.45, 2.75) is 19.3 Å². The van der Waals surface area contributed by atoms with Crippen LogP contribution in [0.1, 0.15) is 19.3 Å². The van der Waals surface area contributed by atoms with Crippen LogP contribution in [0.25, 0.3) is 0 Å². The molecule has 100 valence electrons. The summed E-state index contributed by atoms with van der Waals surface area (Å²) in [6.45, 7) is 0.817. The molecule has 4 heteroatoms. The smallest absolute Gasteiger partial charge is 0.194 e. The average Bonchev–Trinajstić information content (AvgIpc) is 2.47. The van der Waals surface area contributed by atoms with Crippen molar-refractivity contribution in [3.63, 3.8) is 0 Å². The molecule has 0 aromatic carbocycles. The highest BCUT2D eigenvalue weighted by Crippen LogP contribution is 2.40. The van der Waals surface area contributed by atoms with E-state index in [0.717, 1.165) is 18.3 Å². The number of rotatable bonds is 3. The summed E-state index contributed by atoms with van der Waals surface area (Å²) in [5.41, 5.74) is 5.90. The van der Waals surface area contributed by atoms with Gasteiger partial charge in [-0.05, 0) is 49.1 Å². The second-order valence-corrected chi connectivity index (χ2v) is 5.45. The third-order valence-electron chi connectivity index (χ3n) is 4.13. The predicted molar refractivity (Wildman–Crippen MR) is 77.8 cm³/mol. The average molecular weight is 256 g/mol. The lowest BCUT2D eigenvalue weighted by Gasteiger charge is -2.37. The van der Waals surface area contributed by atoms with Gasteiger partial charge in [-0.2, -0.15) is 0 Å². The first kappa shape index (κ1) is 12.2. The third-order valence-corrected chi connectivity index (χ3v) is 4.13. The van der Waals surface area contributed by atoms with Gasteiger partial charge in [0.25, 0.3) is 0 Å². The van der Waals surface area contributed by atoms with Crippen molar-refractivity contribution in [1.82, 2.24) is 4.98 Å². The number of aliphatic imine (C=N–C) groups is 1. The fourth-order valence-corrected chi connectivity index (χ4v) is 3.08. The molecule has 3 N–H and O–H groups in total. The lowest BCUT2D eigenvalue weighted by atomic mass is 9.69. The van der Waals surface area contributed by atoms with Gasteiger partial charge in [0.05, 0.1) is 0 Å². The normalized spacial score (nSPS) is 29.5. The molecule has 3 atom stereocenters. The van der Waals surface area contributed by atoms with Gasteiger partial charge in [-0.1, -0.05) is 18.2 Å². The molecule has 19 heavy (non-hydrogen) atoms. The molecular weight excluding hydrogens is 236 g/mol. The first-order valence-corrected chi connectivity index (χ1v) is 6.97. The standard InChI is InChI=1S/C15H20N4/c16-15(19-14-3-1-2-8-17-14)18-10-13-9-11-4-6-12(13)7-5-11/h1-4,6,8,11-13H,5,7,9-10H2,(H3,16,17,18,19). The maximum Gasteiger partial charge on any atom is 0.194 e. The van der Waals surface area contributed by atoms with Gasteiger partial charge in [0.2, 0.25) is 0 Å². The fraction of sp³-hybridized carbons (Fsp3) is 0.467. The van der Waals surface area contributed by atoms with Crippen LogP contribution in [0, 0.1) is 17.8 Å². The first-order valence-electron chi connectivity index (χ1n) is 6.97. The monoisotopic (exact) mass is 256 g/mol. The van der Waals surface area contributed by atoms with Crippen molar-refractivity contribution >= 4 is 11.8 Å². The fourth-order valence-electron chi connectivity index (χ4n) is 3.08. The summed E-state index contributed by atoms with van der Waals surface area (Å²) in [7, 11) is 0. The van der Waals surface area contributed by atoms with E-state index in [-0.39, 0.29) is 0 Å². The maximum absolute atomic E-state index is 5.90. The van der Waals surface area contributed by atoms with Crippen molar-refractivity contribution in [2.24, 2.45) is 28.5 Å². The molecule has 3 aliphatic carbocycles. The summed E-state index contributed by atoms with van der Waals surface area (Å²) >= 11 is 0. The predicted octanol–water partition coefficient (Wildman–Crippen LogP) is 2.41. The van der Waals surface area contributed by atoms with Crippen LogP contribution in [0.2, 0.25) is 0 Å². The Morgan fingerprint density at radius 2 is 2.32 bits per heavy atom. The molecule has 1 fully saturated rings. The summed E-state index contributed by atoms with van der Waals surface area (Å²) in [6.07, 6.45) is 10.4. The van der Waals surface area contributed by atoms with E-state index in [2.05, 4.69) is 27.4 Å². The van der Waals surface area contributed by atoms with E-state index in [1.165, 1.54) is 19.3 Å². The Bertz CT molecular complexity index is 480. The summed E-state index contributed by atoms with van der Waals surface area (Å²) < 4.78 is 0. The second kappa shape index (κ2) is 5.43. The number of pyridine rings is 1. The summed E-state index contributed by atoms with van der Waals surface area (Å²) in [6, 6.07) is 5.69. The van der Waals surface area contributed by atoms with Crippen LogP contribution in [-0.4, -0.2) is 17.5 Å². The molecule has 2 bridgehead atoms. The molecule has 1 heterocycles. The molecule has 0 radical (unpaired) electrons. The summed E-state index contributed by atoms with van der Waals surface area (Å²) in [5, 5.41) is 3.02. The zero-order valence-corrected chi connectivity index (χ0v) is 11.0. The zero-order valence-electron chi connectivity index (χ0n) is 11.0. The molecule has 1 aromatic heterocycles. The molecule has 4 nitrogen and oxygen atoms in total. The van der Waals surface area contributed by atoms with Crippen LogP contribution in [0.4, 0.5) is 5.82 Å². The van der Waals surface area contributed by atoms with E-state index in [9.17, 15) is 0 Å². The Morgan fingerprint density at radius 3 is 2.95 bits per heavy atom. The van der Waals surface area contributed by atoms with Gasteiger partial charge in [0, 0.05) is 12.7 Å². The molecule has 0 amide bonds. The van der Waals surface area contributed by atoms with Crippen molar-refractivity contribution < 1.29 is 0 Å². The minimum absolute atomic E-state index is 0.462. The van der Waals surface area contributed by atoms with Crippen LogP contribution in [0.5, 0.6) is 0 Å².